The lowest BCUT2D eigenvalue weighted by molar-refractivity contribution is -0.260. The summed E-state index contributed by atoms with van der Waals surface area (Å²) in [5.41, 5.74) is -4.53. The summed E-state index contributed by atoms with van der Waals surface area (Å²) in [6, 6.07) is 5.45. The minimum atomic E-state index is -3.05. The Balaban J connectivity index is 1.84. The summed E-state index contributed by atoms with van der Waals surface area (Å²) in [4.78, 5) is 27.0. The van der Waals surface area contributed by atoms with E-state index in [0.717, 1.165) is 6.08 Å². The number of phenolic OH excluding ortho intramolecular Hbond substituents is 1. The third-order valence-corrected chi connectivity index (χ3v) is 7.57. The molecule has 1 aromatic carbocycles. The van der Waals surface area contributed by atoms with Crippen molar-refractivity contribution < 1.29 is 75.2 Å². The van der Waals surface area contributed by atoms with Gasteiger partial charge in [-0.05, 0) is 29.8 Å². The predicted molar refractivity (Wildman–Crippen MR) is 137 cm³/mol. The molecule has 11 atom stereocenters. The lowest BCUT2D eigenvalue weighted by atomic mass is 9.74. The van der Waals surface area contributed by atoms with Crippen LogP contribution in [0.5, 0.6) is 5.75 Å². The number of ether oxygens (including phenoxy) is 2. The summed E-state index contributed by atoms with van der Waals surface area (Å²) in [7, 11) is 0. The van der Waals surface area contributed by atoms with Crippen molar-refractivity contribution in [3.05, 3.63) is 58.9 Å². The quantitative estimate of drug-likeness (QED) is 0.105. The van der Waals surface area contributed by atoms with Gasteiger partial charge in [-0.1, -0.05) is 18.2 Å². The maximum atomic E-state index is 13.6. The highest BCUT2D eigenvalue weighted by molar-refractivity contribution is 6.31. The van der Waals surface area contributed by atoms with Gasteiger partial charge in [0.25, 0.3) is 0 Å². The number of carbonyl (C=O) groups excluding carboxylic acids is 2. The van der Waals surface area contributed by atoms with E-state index in [9.17, 15) is 65.8 Å². The second-order valence-corrected chi connectivity index (χ2v) is 10.3. The summed E-state index contributed by atoms with van der Waals surface area (Å²) in [6.07, 6.45) is -16.5. The summed E-state index contributed by atoms with van der Waals surface area (Å²) in [5, 5.41) is 114. The number of aromatic hydroxyl groups is 1. The molecule has 3 unspecified atom stereocenters. The number of hydrogen-bond donors (Lipinski definition) is 11. The zero-order chi connectivity index (χ0) is 31.1. The molecule has 1 aliphatic carbocycles. The largest absolute Gasteiger partial charge is 0.508 e. The lowest BCUT2D eigenvalue weighted by Crippen LogP contribution is -2.66. The normalized spacial score (nSPS) is 39.5. The molecule has 0 bridgehead atoms. The van der Waals surface area contributed by atoms with E-state index >= 15 is 0 Å². The van der Waals surface area contributed by atoms with Crippen molar-refractivity contribution in [3.63, 3.8) is 0 Å². The molecule has 11 N–H and O–H groups in total. The van der Waals surface area contributed by atoms with Gasteiger partial charge in [0.15, 0.2) is 17.2 Å². The Hall–Kier alpha value is -3.06. The molecule has 3 aliphatic rings. The van der Waals surface area contributed by atoms with Crippen LogP contribution < -0.4 is 0 Å². The molecule has 230 valence electrons. The number of hydrogen-bond acceptors (Lipinski definition) is 15. The summed E-state index contributed by atoms with van der Waals surface area (Å²) in [6.45, 7) is -1.81. The molecule has 15 nitrogen and oxygen atoms in total. The third-order valence-electron chi connectivity index (χ3n) is 7.57. The van der Waals surface area contributed by atoms with Gasteiger partial charge in [-0.3, -0.25) is 9.59 Å². The van der Waals surface area contributed by atoms with Crippen molar-refractivity contribution in [3.8, 4) is 5.75 Å². The SMILES string of the molecule is O=C(/C=C/c1ccc(O)cc1)C1=C(O)C(O)(C2O[C@H](CO)[C@@H](O)[C@H](O)[C@H]2O)C=C(C2O[C@H](CO)[C@@H](O)[C@H](O)[C@H]2O)C1=O. The van der Waals surface area contributed by atoms with Crippen LogP contribution in [0.4, 0.5) is 0 Å². The number of aliphatic hydroxyl groups excluding tert-OH is 9. The molecular weight excluding hydrogens is 564 g/mol. The molecule has 4 rings (SSSR count). The smallest absolute Gasteiger partial charge is 0.198 e. The van der Waals surface area contributed by atoms with E-state index < -0.39 is 108 Å². The molecular formula is C27H32O15. The first-order valence-electron chi connectivity index (χ1n) is 12.8. The molecule has 42 heavy (non-hydrogen) atoms. The Bertz CT molecular complexity index is 1270. The summed E-state index contributed by atoms with van der Waals surface area (Å²) >= 11 is 0. The van der Waals surface area contributed by atoms with E-state index in [2.05, 4.69) is 0 Å². The van der Waals surface area contributed by atoms with Gasteiger partial charge in [0.1, 0.15) is 78.1 Å². The fourth-order valence-corrected chi connectivity index (χ4v) is 5.14. The number of rotatable bonds is 7. The highest BCUT2D eigenvalue weighted by Gasteiger charge is 2.58. The van der Waals surface area contributed by atoms with Gasteiger partial charge >= 0.3 is 0 Å². The molecule has 0 radical (unpaired) electrons. The van der Waals surface area contributed by atoms with Crippen LogP contribution in [-0.4, -0.2) is 148 Å². The van der Waals surface area contributed by atoms with Crippen LogP contribution >= 0.6 is 0 Å². The molecule has 2 aliphatic heterocycles. The minimum absolute atomic E-state index is 0.0693. The fraction of sp³-hybridized carbons (Fsp3) is 0.481. The highest BCUT2D eigenvalue weighted by atomic mass is 16.6. The third kappa shape index (κ3) is 5.52. The standard InChI is InChI=1S/C27H32O15/c28-8-14-18(33)20(35)22(37)24(41-14)12-7-27(40,26-23(38)21(36)19(34)15(9-29)42-26)25(39)16(17(12)32)13(31)6-3-10-1-4-11(30)5-2-10/h1-7,14-15,18-24,26,28-30,33-40H,8-9H2/b6-3+/t14-,15-,18-,19-,20+,21+,22-,23-,24?,26?,27?/m1/s1. The van der Waals surface area contributed by atoms with E-state index in [1.54, 1.807) is 0 Å². The van der Waals surface area contributed by atoms with Gasteiger partial charge in [-0.25, -0.2) is 0 Å². The molecule has 0 saturated carbocycles. The van der Waals surface area contributed by atoms with Crippen molar-refractivity contribution in [2.24, 2.45) is 0 Å². The first-order valence-corrected chi connectivity index (χ1v) is 12.8. The van der Waals surface area contributed by atoms with E-state index in [4.69, 9.17) is 9.47 Å². The Labute approximate surface area is 237 Å². The van der Waals surface area contributed by atoms with Crippen LogP contribution in [0.3, 0.4) is 0 Å². The number of benzene rings is 1. The van der Waals surface area contributed by atoms with Crippen LogP contribution in [0.25, 0.3) is 6.08 Å². The molecule has 2 heterocycles. The fourth-order valence-electron chi connectivity index (χ4n) is 5.14. The van der Waals surface area contributed by atoms with Gasteiger partial charge < -0.3 is 65.6 Å². The van der Waals surface area contributed by atoms with Gasteiger partial charge in [0.05, 0.1) is 13.2 Å². The number of phenols is 1. The molecule has 15 heteroatoms. The maximum Gasteiger partial charge on any atom is 0.198 e. The topological polar surface area (TPSA) is 275 Å². The summed E-state index contributed by atoms with van der Waals surface area (Å²) in [5.74, 6) is -3.94. The van der Waals surface area contributed by atoms with E-state index in [1.165, 1.54) is 30.3 Å². The van der Waals surface area contributed by atoms with Crippen molar-refractivity contribution in [2.75, 3.05) is 13.2 Å². The van der Waals surface area contributed by atoms with E-state index in [0.29, 0.717) is 11.6 Å². The van der Waals surface area contributed by atoms with Gasteiger partial charge in [-0.15, -0.1) is 0 Å². The van der Waals surface area contributed by atoms with Crippen LogP contribution in [0.15, 0.2) is 53.3 Å². The minimum Gasteiger partial charge on any atom is -0.508 e. The van der Waals surface area contributed by atoms with Crippen molar-refractivity contribution in [1.29, 1.82) is 0 Å². The summed E-state index contributed by atoms with van der Waals surface area (Å²) < 4.78 is 10.8. The monoisotopic (exact) mass is 596 g/mol. The van der Waals surface area contributed by atoms with Crippen molar-refractivity contribution >= 4 is 17.6 Å². The molecule has 0 spiro atoms. The molecule has 2 fully saturated rings. The maximum absolute atomic E-state index is 13.6. The van der Waals surface area contributed by atoms with Crippen molar-refractivity contribution in [2.45, 2.75) is 66.6 Å². The van der Waals surface area contributed by atoms with Crippen molar-refractivity contribution in [1.82, 2.24) is 0 Å². The van der Waals surface area contributed by atoms with Gasteiger partial charge in [0.2, 0.25) is 0 Å². The molecule has 0 amide bonds. The van der Waals surface area contributed by atoms with Crippen LogP contribution in [0, 0.1) is 0 Å². The van der Waals surface area contributed by atoms with Gasteiger partial charge in [-0.2, -0.15) is 0 Å². The predicted octanol–water partition coefficient (Wildman–Crippen LogP) is -4.29. The second kappa shape index (κ2) is 12.3. The average molecular weight is 597 g/mol. The Morgan fingerprint density at radius 1 is 0.810 bits per heavy atom. The van der Waals surface area contributed by atoms with Gasteiger partial charge in [0, 0.05) is 5.57 Å². The molecule has 2 saturated heterocycles. The first kappa shape index (κ1) is 31.9. The molecule has 0 aromatic heterocycles. The highest BCUT2D eigenvalue weighted by Crippen LogP contribution is 2.41. The average Bonchev–Trinajstić information content (AvgIpc) is 2.97. The van der Waals surface area contributed by atoms with Crippen LogP contribution in [0.2, 0.25) is 0 Å². The van der Waals surface area contributed by atoms with E-state index in [-0.39, 0.29) is 5.75 Å². The zero-order valence-corrected chi connectivity index (χ0v) is 21.8. The number of allylic oxidation sites excluding steroid dienone is 2. The Kier molecular flexibility index (Phi) is 9.31. The zero-order valence-electron chi connectivity index (χ0n) is 21.8. The second-order valence-electron chi connectivity index (χ2n) is 10.3. The number of ketones is 2. The van der Waals surface area contributed by atoms with E-state index in [1.807, 2.05) is 0 Å². The number of carbonyl (C=O) groups is 2. The first-order chi connectivity index (χ1) is 19.8. The van der Waals surface area contributed by atoms with Crippen LogP contribution in [-0.2, 0) is 19.1 Å². The molecule has 1 aromatic rings. The number of aliphatic hydroxyl groups is 10. The number of Topliss-reactive ketones (excluding diaryl/α,β-unsaturated/α-hetero) is 1. The Morgan fingerprint density at radius 2 is 1.36 bits per heavy atom. The lowest BCUT2D eigenvalue weighted by Gasteiger charge is -2.47. The Morgan fingerprint density at radius 3 is 1.93 bits per heavy atom. The van der Waals surface area contributed by atoms with Crippen LogP contribution in [0.1, 0.15) is 5.56 Å².